The van der Waals surface area contributed by atoms with E-state index < -0.39 is 23.8 Å². The number of carbonyl (C=O) groups is 1. The third-order valence-electron chi connectivity index (χ3n) is 4.46. The Labute approximate surface area is 148 Å². The number of carbonyl (C=O) groups excluding carboxylic acids is 1. The SMILES string of the molecule is O=C1O[C@@H](CN2C=CNN2)CN1c1cc(F)c(N2CCOCC2)c(F)c1. The first kappa shape index (κ1) is 16.9. The van der Waals surface area contributed by atoms with E-state index in [1.807, 2.05) is 0 Å². The van der Waals surface area contributed by atoms with Crippen molar-refractivity contribution < 1.29 is 23.0 Å². The van der Waals surface area contributed by atoms with Crippen LogP contribution >= 0.6 is 0 Å². The van der Waals surface area contributed by atoms with Gasteiger partial charge in [-0.3, -0.25) is 9.91 Å². The number of nitrogens with one attached hydrogen (secondary N) is 2. The maximum absolute atomic E-state index is 14.6. The van der Waals surface area contributed by atoms with Gasteiger partial charge in [0, 0.05) is 37.6 Å². The largest absolute Gasteiger partial charge is 0.442 e. The standard InChI is InChI=1S/C16H19F2N5O3/c17-13-7-11(8-14(18)15(13)21-3-5-25-6-4-21)23-10-12(26-16(23)24)9-22-2-1-19-20-22/h1-2,7-8,12,19-20H,3-6,9-10H2/t12-/m0/s1. The molecule has 0 aromatic heterocycles. The maximum atomic E-state index is 14.6. The number of nitrogens with zero attached hydrogens (tertiary/aromatic N) is 3. The van der Waals surface area contributed by atoms with Crippen molar-refractivity contribution in [3.63, 3.8) is 0 Å². The number of ether oxygens (including phenoxy) is 2. The van der Waals surface area contributed by atoms with E-state index in [0.717, 1.165) is 0 Å². The number of rotatable bonds is 4. The average Bonchev–Trinajstić information content (AvgIpc) is 3.25. The van der Waals surface area contributed by atoms with Gasteiger partial charge in [-0.05, 0) is 0 Å². The summed E-state index contributed by atoms with van der Waals surface area (Å²) in [5.74, 6) is -1.40. The first-order valence-electron chi connectivity index (χ1n) is 8.36. The first-order chi connectivity index (χ1) is 12.6. The zero-order valence-electron chi connectivity index (χ0n) is 14.0. The molecule has 4 rings (SSSR count). The molecule has 1 aromatic carbocycles. The van der Waals surface area contributed by atoms with Crippen LogP contribution in [0.2, 0.25) is 0 Å². The molecule has 0 saturated carbocycles. The van der Waals surface area contributed by atoms with E-state index in [4.69, 9.17) is 9.47 Å². The highest BCUT2D eigenvalue weighted by molar-refractivity contribution is 5.90. The quantitative estimate of drug-likeness (QED) is 0.820. The molecule has 0 aliphatic carbocycles. The van der Waals surface area contributed by atoms with E-state index in [9.17, 15) is 13.6 Å². The second kappa shape index (κ2) is 6.96. The maximum Gasteiger partial charge on any atom is 0.414 e. The summed E-state index contributed by atoms with van der Waals surface area (Å²) >= 11 is 0. The lowest BCUT2D eigenvalue weighted by Crippen LogP contribution is -2.41. The van der Waals surface area contributed by atoms with Gasteiger partial charge in [0.2, 0.25) is 0 Å². The van der Waals surface area contributed by atoms with E-state index in [2.05, 4.69) is 11.0 Å². The summed E-state index contributed by atoms with van der Waals surface area (Å²) in [4.78, 5) is 15.0. The van der Waals surface area contributed by atoms with Crippen molar-refractivity contribution in [1.82, 2.24) is 16.0 Å². The van der Waals surface area contributed by atoms with E-state index in [0.29, 0.717) is 32.8 Å². The van der Waals surface area contributed by atoms with Crippen molar-refractivity contribution in [3.05, 3.63) is 36.2 Å². The van der Waals surface area contributed by atoms with Gasteiger partial charge in [0.1, 0.15) is 11.8 Å². The molecule has 1 atom stereocenters. The predicted molar refractivity (Wildman–Crippen MR) is 89.1 cm³/mol. The Kier molecular flexibility index (Phi) is 4.51. The number of halogens is 2. The third kappa shape index (κ3) is 3.25. The van der Waals surface area contributed by atoms with Crippen LogP contribution in [-0.2, 0) is 9.47 Å². The Morgan fingerprint density at radius 1 is 1.19 bits per heavy atom. The lowest BCUT2D eigenvalue weighted by Gasteiger charge is -2.29. The van der Waals surface area contributed by atoms with Gasteiger partial charge in [0.15, 0.2) is 11.6 Å². The summed E-state index contributed by atoms with van der Waals surface area (Å²) in [7, 11) is 0. The second-order valence-electron chi connectivity index (χ2n) is 6.20. The molecule has 0 unspecified atom stereocenters. The lowest BCUT2D eigenvalue weighted by atomic mass is 10.2. The Morgan fingerprint density at radius 2 is 1.92 bits per heavy atom. The van der Waals surface area contributed by atoms with Crippen LogP contribution in [0.1, 0.15) is 0 Å². The second-order valence-corrected chi connectivity index (χ2v) is 6.20. The number of anilines is 2. The fraction of sp³-hybridized carbons (Fsp3) is 0.438. The van der Waals surface area contributed by atoms with Gasteiger partial charge in [0.25, 0.3) is 0 Å². The van der Waals surface area contributed by atoms with Crippen LogP contribution in [0.4, 0.5) is 25.0 Å². The van der Waals surface area contributed by atoms with Crippen LogP contribution in [0, 0.1) is 11.6 Å². The van der Waals surface area contributed by atoms with Crippen molar-refractivity contribution in [2.24, 2.45) is 0 Å². The van der Waals surface area contributed by atoms with E-state index >= 15 is 0 Å². The first-order valence-corrected chi connectivity index (χ1v) is 8.36. The zero-order chi connectivity index (χ0) is 18.1. The molecule has 3 aliphatic heterocycles. The molecule has 10 heteroatoms. The molecule has 2 N–H and O–H groups in total. The molecule has 0 spiro atoms. The summed E-state index contributed by atoms with van der Waals surface area (Å²) in [5.41, 5.74) is 5.68. The van der Waals surface area contributed by atoms with E-state index in [-0.39, 0.29) is 17.9 Å². The molecule has 0 bridgehead atoms. The van der Waals surface area contributed by atoms with Crippen molar-refractivity contribution >= 4 is 17.5 Å². The number of morpholine rings is 1. The van der Waals surface area contributed by atoms with Crippen LogP contribution in [-0.4, -0.2) is 56.6 Å². The fourth-order valence-corrected chi connectivity index (χ4v) is 3.24. The van der Waals surface area contributed by atoms with Crippen LogP contribution in [0.5, 0.6) is 0 Å². The molecule has 26 heavy (non-hydrogen) atoms. The molecule has 3 heterocycles. The zero-order valence-corrected chi connectivity index (χ0v) is 14.0. The van der Waals surface area contributed by atoms with Crippen molar-refractivity contribution in [1.29, 1.82) is 0 Å². The highest BCUT2D eigenvalue weighted by Crippen LogP contribution is 2.31. The highest BCUT2D eigenvalue weighted by atomic mass is 19.1. The Balaban J connectivity index is 1.50. The number of cyclic esters (lactones) is 1. The molecule has 3 aliphatic rings. The van der Waals surface area contributed by atoms with Crippen molar-refractivity contribution in [3.8, 4) is 0 Å². The minimum Gasteiger partial charge on any atom is -0.442 e. The summed E-state index contributed by atoms with van der Waals surface area (Å²) in [6.45, 7) is 2.31. The van der Waals surface area contributed by atoms with Crippen LogP contribution in [0.3, 0.4) is 0 Å². The molecule has 8 nitrogen and oxygen atoms in total. The van der Waals surface area contributed by atoms with Crippen molar-refractivity contribution in [2.45, 2.75) is 6.10 Å². The van der Waals surface area contributed by atoms with Gasteiger partial charge in [-0.2, -0.15) is 0 Å². The minimum atomic E-state index is -0.702. The average molecular weight is 367 g/mol. The summed E-state index contributed by atoms with van der Waals surface area (Å²) in [6.07, 6.45) is 2.41. The van der Waals surface area contributed by atoms with Crippen LogP contribution < -0.4 is 20.8 Å². The normalized spacial score (nSPS) is 22.8. The molecule has 1 aromatic rings. The smallest absolute Gasteiger partial charge is 0.414 e. The molecule has 1 amide bonds. The van der Waals surface area contributed by atoms with Crippen LogP contribution in [0.25, 0.3) is 0 Å². The van der Waals surface area contributed by atoms with Crippen molar-refractivity contribution in [2.75, 3.05) is 49.2 Å². The van der Waals surface area contributed by atoms with E-state index in [1.54, 1.807) is 22.3 Å². The topological polar surface area (TPSA) is 69.3 Å². The summed E-state index contributed by atoms with van der Waals surface area (Å²) < 4.78 is 39.6. The van der Waals surface area contributed by atoms with Gasteiger partial charge < -0.3 is 19.8 Å². The molecule has 2 fully saturated rings. The summed E-state index contributed by atoms with van der Waals surface area (Å²) in [6, 6.07) is 2.35. The van der Waals surface area contributed by atoms with Gasteiger partial charge in [0.05, 0.1) is 32.0 Å². The van der Waals surface area contributed by atoms with Gasteiger partial charge in [-0.15, -0.1) is 5.53 Å². The molecule has 0 radical (unpaired) electrons. The number of hydrogen-bond acceptors (Lipinski definition) is 7. The number of amides is 1. The number of benzene rings is 1. The monoisotopic (exact) mass is 367 g/mol. The lowest BCUT2D eigenvalue weighted by molar-refractivity contribution is 0.109. The molecular formula is C16H19F2N5O3. The van der Waals surface area contributed by atoms with Gasteiger partial charge in [-0.1, -0.05) is 0 Å². The number of hydrazine groups is 2. The Hall–Kier alpha value is -2.59. The summed E-state index contributed by atoms with van der Waals surface area (Å²) in [5, 5.41) is 1.71. The van der Waals surface area contributed by atoms with Crippen LogP contribution in [0.15, 0.2) is 24.5 Å². The highest BCUT2D eigenvalue weighted by Gasteiger charge is 2.34. The minimum absolute atomic E-state index is 0.0846. The molecule has 2 saturated heterocycles. The van der Waals surface area contributed by atoms with E-state index in [1.165, 1.54) is 17.0 Å². The fourth-order valence-electron chi connectivity index (χ4n) is 3.24. The third-order valence-corrected chi connectivity index (χ3v) is 4.46. The number of hydrogen-bond donors (Lipinski definition) is 2. The molecule has 140 valence electrons. The van der Waals surface area contributed by atoms with Gasteiger partial charge >= 0.3 is 6.09 Å². The Bertz CT molecular complexity index is 703. The van der Waals surface area contributed by atoms with Gasteiger partial charge in [-0.25, -0.2) is 13.6 Å². The Morgan fingerprint density at radius 3 is 2.58 bits per heavy atom. The predicted octanol–water partition coefficient (Wildman–Crippen LogP) is 0.923. The molecular weight excluding hydrogens is 348 g/mol.